The van der Waals surface area contributed by atoms with Crippen LogP contribution in [0.5, 0.6) is 5.75 Å². The van der Waals surface area contributed by atoms with E-state index in [4.69, 9.17) is 4.74 Å². The number of hydrogen-bond donors (Lipinski definition) is 1. The van der Waals surface area contributed by atoms with E-state index in [1.807, 2.05) is 12.1 Å². The van der Waals surface area contributed by atoms with E-state index < -0.39 is 0 Å². The third-order valence-corrected chi connectivity index (χ3v) is 5.28. The Morgan fingerprint density at radius 3 is 2.67 bits per heavy atom. The molecule has 1 aliphatic rings. The van der Waals surface area contributed by atoms with Crippen molar-refractivity contribution in [1.82, 2.24) is 5.32 Å². The van der Waals surface area contributed by atoms with Crippen LogP contribution in [-0.4, -0.2) is 24.3 Å². The predicted octanol–water partition coefficient (Wildman–Crippen LogP) is 3.32. The molecule has 18 heavy (non-hydrogen) atoms. The Kier molecular flexibility index (Phi) is 4.57. The van der Waals surface area contributed by atoms with Gasteiger partial charge < -0.3 is 10.1 Å². The number of hydrogen-bond acceptors (Lipinski definition) is 3. The summed E-state index contributed by atoms with van der Waals surface area (Å²) >= 11 is 2.06. The van der Waals surface area contributed by atoms with Crippen LogP contribution in [0.15, 0.2) is 24.3 Å². The van der Waals surface area contributed by atoms with Gasteiger partial charge in [-0.3, -0.25) is 0 Å². The van der Waals surface area contributed by atoms with Gasteiger partial charge in [0, 0.05) is 0 Å². The Morgan fingerprint density at radius 2 is 2.11 bits per heavy atom. The lowest BCUT2D eigenvalue weighted by molar-refractivity contribution is 0.410. The number of ether oxygens (including phenoxy) is 1. The molecular weight excluding hydrogens is 242 g/mol. The molecule has 0 saturated carbocycles. The molecule has 1 saturated heterocycles. The molecule has 1 aromatic rings. The summed E-state index contributed by atoms with van der Waals surface area (Å²) in [5.74, 6) is 3.00. The van der Waals surface area contributed by atoms with Gasteiger partial charge in [0.05, 0.1) is 12.0 Å². The van der Waals surface area contributed by atoms with Gasteiger partial charge in [-0.25, -0.2) is 0 Å². The standard InChI is InChI=1S/C15H23NOS/c1-12-10-16-15(2,18-11-12)9-8-13-4-6-14(17-3)7-5-13/h4-7,12,16H,8-11H2,1-3H3. The summed E-state index contributed by atoms with van der Waals surface area (Å²) in [5.41, 5.74) is 1.39. The van der Waals surface area contributed by atoms with Crippen molar-refractivity contribution in [3.63, 3.8) is 0 Å². The average molecular weight is 265 g/mol. The Balaban J connectivity index is 1.86. The molecule has 0 aromatic heterocycles. The van der Waals surface area contributed by atoms with Crippen molar-refractivity contribution in [2.45, 2.75) is 31.6 Å². The average Bonchev–Trinajstić information content (AvgIpc) is 2.41. The monoisotopic (exact) mass is 265 g/mol. The van der Waals surface area contributed by atoms with Crippen LogP contribution >= 0.6 is 11.8 Å². The van der Waals surface area contributed by atoms with Crippen LogP contribution in [0.3, 0.4) is 0 Å². The van der Waals surface area contributed by atoms with Crippen molar-refractivity contribution >= 4 is 11.8 Å². The van der Waals surface area contributed by atoms with Crippen molar-refractivity contribution in [3.8, 4) is 5.75 Å². The van der Waals surface area contributed by atoms with Crippen LogP contribution in [-0.2, 0) is 6.42 Å². The molecule has 100 valence electrons. The minimum Gasteiger partial charge on any atom is -0.497 e. The molecule has 0 amide bonds. The molecule has 0 radical (unpaired) electrons. The highest BCUT2D eigenvalue weighted by molar-refractivity contribution is 8.00. The molecule has 1 N–H and O–H groups in total. The molecule has 2 rings (SSSR count). The van der Waals surface area contributed by atoms with E-state index in [0.29, 0.717) is 0 Å². The van der Waals surface area contributed by atoms with E-state index in [9.17, 15) is 0 Å². The number of aryl methyl sites for hydroxylation is 1. The summed E-state index contributed by atoms with van der Waals surface area (Å²) in [4.78, 5) is 0.242. The van der Waals surface area contributed by atoms with Crippen molar-refractivity contribution in [2.75, 3.05) is 19.4 Å². The maximum atomic E-state index is 5.18. The van der Waals surface area contributed by atoms with E-state index in [0.717, 1.165) is 24.6 Å². The zero-order valence-corrected chi connectivity index (χ0v) is 12.3. The minimum absolute atomic E-state index is 0.242. The summed E-state index contributed by atoms with van der Waals surface area (Å²) in [7, 11) is 1.71. The summed E-state index contributed by atoms with van der Waals surface area (Å²) in [6.07, 6.45) is 2.30. The second-order valence-corrected chi connectivity index (χ2v) is 6.90. The number of thioether (sulfide) groups is 1. The van der Waals surface area contributed by atoms with E-state index in [2.05, 4.69) is 43.1 Å². The Morgan fingerprint density at radius 1 is 1.39 bits per heavy atom. The molecule has 1 aliphatic heterocycles. The van der Waals surface area contributed by atoms with Crippen LogP contribution in [0.1, 0.15) is 25.8 Å². The van der Waals surface area contributed by atoms with Gasteiger partial charge in [0.25, 0.3) is 0 Å². The molecule has 1 fully saturated rings. The van der Waals surface area contributed by atoms with Crippen LogP contribution in [0.4, 0.5) is 0 Å². The van der Waals surface area contributed by atoms with Gasteiger partial charge in [-0.15, -0.1) is 11.8 Å². The summed E-state index contributed by atoms with van der Waals surface area (Å²) in [5, 5.41) is 3.68. The van der Waals surface area contributed by atoms with Gasteiger partial charge in [-0.05, 0) is 55.7 Å². The summed E-state index contributed by atoms with van der Waals surface area (Å²) < 4.78 is 5.18. The SMILES string of the molecule is COc1ccc(CCC2(C)NCC(C)CS2)cc1. The maximum Gasteiger partial charge on any atom is 0.118 e. The first kappa shape index (κ1) is 13.8. The van der Waals surface area contributed by atoms with Gasteiger partial charge in [-0.2, -0.15) is 0 Å². The molecule has 2 atom stereocenters. The highest BCUT2D eigenvalue weighted by atomic mass is 32.2. The first-order valence-electron chi connectivity index (χ1n) is 6.63. The van der Waals surface area contributed by atoms with E-state index in [1.165, 1.54) is 17.7 Å². The van der Waals surface area contributed by atoms with Crippen LogP contribution in [0, 0.1) is 5.92 Å². The number of methoxy groups -OCH3 is 1. The highest BCUT2D eigenvalue weighted by Gasteiger charge is 2.29. The fraction of sp³-hybridized carbons (Fsp3) is 0.600. The van der Waals surface area contributed by atoms with Gasteiger partial charge in [0.15, 0.2) is 0 Å². The van der Waals surface area contributed by atoms with Crippen molar-refractivity contribution < 1.29 is 4.74 Å². The second-order valence-electron chi connectivity index (χ2n) is 5.38. The molecule has 3 heteroatoms. The molecule has 2 unspecified atom stereocenters. The molecule has 0 aliphatic carbocycles. The zero-order valence-electron chi connectivity index (χ0n) is 11.5. The first-order valence-corrected chi connectivity index (χ1v) is 7.62. The smallest absolute Gasteiger partial charge is 0.118 e. The Labute approximate surface area is 114 Å². The second kappa shape index (κ2) is 5.98. The van der Waals surface area contributed by atoms with Crippen molar-refractivity contribution in [3.05, 3.63) is 29.8 Å². The molecule has 1 heterocycles. The van der Waals surface area contributed by atoms with E-state index in [-0.39, 0.29) is 4.87 Å². The fourth-order valence-electron chi connectivity index (χ4n) is 2.16. The Bertz CT molecular complexity index is 369. The predicted molar refractivity (Wildman–Crippen MR) is 79.3 cm³/mol. The van der Waals surface area contributed by atoms with E-state index in [1.54, 1.807) is 7.11 Å². The third-order valence-electron chi connectivity index (χ3n) is 3.56. The van der Waals surface area contributed by atoms with Gasteiger partial charge in [-0.1, -0.05) is 19.1 Å². The highest BCUT2D eigenvalue weighted by Crippen LogP contribution is 2.32. The lowest BCUT2D eigenvalue weighted by Gasteiger charge is -2.37. The first-order chi connectivity index (χ1) is 8.61. The minimum atomic E-state index is 0.242. The third kappa shape index (κ3) is 3.66. The van der Waals surface area contributed by atoms with Gasteiger partial charge in [0.2, 0.25) is 0 Å². The van der Waals surface area contributed by atoms with Crippen LogP contribution in [0.2, 0.25) is 0 Å². The molecule has 0 spiro atoms. The lowest BCUT2D eigenvalue weighted by atomic mass is 10.0. The largest absolute Gasteiger partial charge is 0.497 e. The summed E-state index contributed by atoms with van der Waals surface area (Å²) in [6, 6.07) is 8.42. The lowest BCUT2D eigenvalue weighted by Crippen LogP contribution is -2.46. The van der Waals surface area contributed by atoms with Crippen molar-refractivity contribution in [2.24, 2.45) is 5.92 Å². The molecule has 1 aromatic carbocycles. The fourth-order valence-corrected chi connectivity index (χ4v) is 3.36. The number of benzene rings is 1. The number of nitrogens with one attached hydrogen (secondary N) is 1. The molecule has 0 bridgehead atoms. The van der Waals surface area contributed by atoms with Crippen LogP contribution < -0.4 is 10.1 Å². The van der Waals surface area contributed by atoms with E-state index >= 15 is 0 Å². The quantitative estimate of drug-likeness (QED) is 0.902. The molecule has 2 nitrogen and oxygen atoms in total. The zero-order chi connectivity index (χ0) is 13.0. The van der Waals surface area contributed by atoms with Crippen molar-refractivity contribution in [1.29, 1.82) is 0 Å². The maximum absolute atomic E-state index is 5.18. The topological polar surface area (TPSA) is 21.3 Å². The van der Waals surface area contributed by atoms with Crippen LogP contribution in [0.25, 0.3) is 0 Å². The summed E-state index contributed by atoms with van der Waals surface area (Å²) in [6.45, 7) is 5.78. The Hall–Kier alpha value is -0.670. The molecular formula is C15H23NOS. The van der Waals surface area contributed by atoms with Gasteiger partial charge >= 0.3 is 0 Å². The normalized spacial score (nSPS) is 28.1. The number of rotatable bonds is 4. The van der Waals surface area contributed by atoms with Gasteiger partial charge in [0.1, 0.15) is 5.75 Å².